The molecule has 0 saturated carbocycles. The van der Waals surface area contributed by atoms with E-state index in [1.54, 1.807) is 35.9 Å². The number of rotatable bonds is 4. The van der Waals surface area contributed by atoms with Crippen LogP contribution in [-0.4, -0.2) is 40.3 Å². The van der Waals surface area contributed by atoms with E-state index in [0.717, 1.165) is 10.1 Å². The highest BCUT2D eigenvalue weighted by molar-refractivity contribution is 5.76. The largest absolute Gasteiger partial charge is 0.451 e. The third-order valence-electron chi connectivity index (χ3n) is 6.41. The van der Waals surface area contributed by atoms with Gasteiger partial charge in [0.05, 0.1) is 17.8 Å². The van der Waals surface area contributed by atoms with Crippen molar-refractivity contribution in [3.8, 4) is 11.3 Å². The average Bonchev–Trinajstić information content (AvgIpc) is 3.34. The van der Waals surface area contributed by atoms with Gasteiger partial charge in [-0.2, -0.15) is 13.2 Å². The monoisotopic (exact) mass is 517 g/mol. The van der Waals surface area contributed by atoms with E-state index in [1.165, 1.54) is 10.6 Å². The molecule has 37 heavy (non-hydrogen) atoms. The average molecular weight is 518 g/mol. The zero-order valence-electron chi connectivity index (χ0n) is 21.0. The predicted molar refractivity (Wildman–Crippen MR) is 129 cm³/mol. The van der Waals surface area contributed by atoms with E-state index < -0.39 is 17.8 Å². The van der Waals surface area contributed by atoms with Gasteiger partial charge in [0.25, 0.3) is 0 Å². The molecule has 5 rings (SSSR count). The SMILES string of the molecule is Cn1c(=O)n(CC(C)(C)C)c2ccc(-c3cc(CN4CCn5c(nnc5C(F)(F)F)C4)ccc3F)nc21. The quantitative estimate of drug-likeness (QED) is 0.379. The Balaban J connectivity index is 1.42. The van der Waals surface area contributed by atoms with Gasteiger partial charge in [-0.1, -0.05) is 26.8 Å². The van der Waals surface area contributed by atoms with Crippen LogP contribution < -0.4 is 5.69 Å². The summed E-state index contributed by atoms with van der Waals surface area (Å²) >= 11 is 0. The maximum absolute atomic E-state index is 14.9. The fourth-order valence-electron chi connectivity index (χ4n) is 4.73. The molecule has 1 aliphatic rings. The van der Waals surface area contributed by atoms with E-state index >= 15 is 0 Å². The summed E-state index contributed by atoms with van der Waals surface area (Å²) in [4.78, 5) is 19.4. The van der Waals surface area contributed by atoms with Crippen molar-refractivity contribution in [1.29, 1.82) is 0 Å². The molecule has 8 nitrogen and oxygen atoms in total. The van der Waals surface area contributed by atoms with Crippen LogP contribution in [0, 0.1) is 11.2 Å². The Morgan fingerprint density at radius 1 is 1.03 bits per heavy atom. The fourth-order valence-corrected chi connectivity index (χ4v) is 4.73. The van der Waals surface area contributed by atoms with Crippen LogP contribution in [0.15, 0.2) is 35.1 Å². The highest BCUT2D eigenvalue weighted by atomic mass is 19.4. The molecule has 0 atom stereocenters. The van der Waals surface area contributed by atoms with E-state index in [2.05, 4.69) is 15.2 Å². The molecule has 0 N–H and O–H groups in total. The number of halogens is 4. The van der Waals surface area contributed by atoms with Crippen LogP contribution in [0.4, 0.5) is 17.6 Å². The summed E-state index contributed by atoms with van der Waals surface area (Å²) in [6.45, 7) is 7.72. The smallest absolute Gasteiger partial charge is 0.305 e. The third kappa shape index (κ3) is 4.77. The minimum absolute atomic E-state index is 0.114. The Morgan fingerprint density at radius 3 is 2.49 bits per heavy atom. The number of hydrogen-bond acceptors (Lipinski definition) is 5. The van der Waals surface area contributed by atoms with Crippen molar-refractivity contribution in [2.45, 2.75) is 53.1 Å². The summed E-state index contributed by atoms with van der Waals surface area (Å²) < 4.78 is 58.5. The summed E-state index contributed by atoms with van der Waals surface area (Å²) in [5.41, 5.74) is 2.30. The molecule has 0 aliphatic carbocycles. The van der Waals surface area contributed by atoms with Crippen LogP contribution in [-0.2, 0) is 39.4 Å². The van der Waals surface area contributed by atoms with Crippen molar-refractivity contribution >= 4 is 11.2 Å². The molecule has 1 aliphatic heterocycles. The highest BCUT2D eigenvalue weighted by Gasteiger charge is 2.39. The van der Waals surface area contributed by atoms with E-state index in [-0.39, 0.29) is 35.6 Å². The van der Waals surface area contributed by atoms with E-state index in [1.807, 2.05) is 25.7 Å². The van der Waals surface area contributed by atoms with Crippen molar-refractivity contribution in [1.82, 2.24) is 33.8 Å². The Labute approximate surface area is 210 Å². The number of aryl methyl sites for hydroxylation is 1. The summed E-state index contributed by atoms with van der Waals surface area (Å²) in [5.74, 6) is -1.20. The molecule has 0 fully saturated rings. The molecule has 1 aromatic carbocycles. The predicted octanol–water partition coefficient (Wildman–Crippen LogP) is 4.21. The van der Waals surface area contributed by atoms with E-state index in [9.17, 15) is 22.4 Å². The topological polar surface area (TPSA) is 73.8 Å². The molecule has 12 heteroatoms. The second kappa shape index (κ2) is 8.79. The number of benzene rings is 1. The van der Waals surface area contributed by atoms with Crippen LogP contribution in [0.2, 0.25) is 0 Å². The molecule has 0 bridgehead atoms. The van der Waals surface area contributed by atoms with Crippen LogP contribution in [0.25, 0.3) is 22.4 Å². The first-order valence-corrected chi connectivity index (χ1v) is 11.9. The van der Waals surface area contributed by atoms with Gasteiger partial charge in [0.2, 0.25) is 5.82 Å². The van der Waals surface area contributed by atoms with Gasteiger partial charge in [0.15, 0.2) is 5.65 Å². The maximum atomic E-state index is 14.9. The normalized spacial score (nSPS) is 14.9. The molecule has 0 amide bonds. The van der Waals surface area contributed by atoms with Crippen molar-refractivity contribution in [3.63, 3.8) is 0 Å². The lowest BCUT2D eigenvalue weighted by molar-refractivity contribution is -0.148. The minimum Gasteiger partial charge on any atom is -0.305 e. The van der Waals surface area contributed by atoms with E-state index in [0.29, 0.717) is 36.5 Å². The molecule has 4 aromatic rings. The van der Waals surface area contributed by atoms with Crippen molar-refractivity contribution in [3.05, 3.63) is 63.8 Å². The van der Waals surface area contributed by atoms with Crippen LogP contribution in [0.5, 0.6) is 0 Å². The molecular formula is C25H27F4N7O. The minimum atomic E-state index is -4.55. The summed E-state index contributed by atoms with van der Waals surface area (Å²) in [6.07, 6.45) is -4.55. The van der Waals surface area contributed by atoms with Crippen LogP contribution in [0.1, 0.15) is 38.0 Å². The van der Waals surface area contributed by atoms with Gasteiger partial charge in [0, 0.05) is 38.8 Å². The lowest BCUT2D eigenvalue weighted by Gasteiger charge is -2.28. The summed E-state index contributed by atoms with van der Waals surface area (Å²) in [6, 6.07) is 8.17. The van der Waals surface area contributed by atoms with Crippen LogP contribution >= 0.6 is 0 Å². The van der Waals surface area contributed by atoms with Crippen molar-refractivity contribution in [2.75, 3.05) is 6.54 Å². The third-order valence-corrected chi connectivity index (χ3v) is 6.41. The molecule has 3 aromatic heterocycles. The number of fused-ring (bicyclic) bond motifs is 2. The van der Waals surface area contributed by atoms with Crippen molar-refractivity contribution in [2.24, 2.45) is 12.5 Å². The number of imidazole rings is 1. The van der Waals surface area contributed by atoms with Gasteiger partial charge in [0.1, 0.15) is 11.6 Å². The molecule has 0 spiro atoms. The number of nitrogens with zero attached hydrogens (tertiary/aromatic N) is 7. The number of pyridine rings is 1. The Hall–Kier alpha value is -3.54. The lowest BCUT2D eigenvalue weighted by Crippen LogP contribution is -2.34. The molecule has 196 valence electrons. The molecule has 0 saturated heterocycles. The standard InChI is InChI=1S/C25H27F4N7O/c1-24(2,3)14-36-19-8-7-18(30-21(19)33(4)23(36)37)16-11-15(5-6-17(16)26)12-34-9-10-35-20(13-34)31-32-22(35)25(27,28)29/h5-8,11H,9-10,12-14H2,1-4H3. The molecule has 0 unspecified atom stereocenters. The summed E-state index contributed by atoms with van der Waals surface area (Å²) in [5, 5.41) is 7.03. The molecule has 4 heterocycles. The first-order valence-electron chi connectivity index (χ1n) is 11.9. The molecule has 0 radical (unpaired) electrons. The Morgan fingerprint density at radius 2 is 1.78 bits per heavy atom. The summed E-state index contributed by atoms with van der Waals surface area (Å²) in [7, 11) is 1.65. The van der Waals surface area contributed by atoms with Gasteiger partial charge < -0.3 is 4.57 Å². The first kappa shape index (κ1) is 25.1. The van der Waals surface area contributed by atoms with Crippen molar-refractivity contribution < 1.29 is 17.6 Å². The number of alkyl halides is 3. The zero-order valence-corrected chi connectivity index (χ0v) is 21.0. The van der Waals surface area contributed by atoms with Crippen LogP contribution in [0.3, 0.4) is 0 Å². The van der Waals surface area contributed by atoms with Gasteiger partial charge in [-0.15, -0.1) is 10.2 Å². The molecular weight excluding hydrogens is 490 g/mol. The fraction of sp³-hybridized carbons (Fsp3) is 0.440. The van der Waals surface area contributed by atoms with Gasteiger partial charge in [-0.3, -0.25) is 14.0 Å². The zero-order chi connectivity index (χ0) is 26.7. The Kier molecular flexibility index (Phi) is 5.97. The highest BCUT2D eigenvalue weighted by Crippen LogP contribution is 2.30. The number of aromatic nitrogens is 6. The lowest BCUT2D eigenvalue weighted by atomic mass is 9.97. The number of hydrogen-bond donors (Lipinski definition) is 0. The maximum Gasteiger partial charge on any atom is 0.451 e. The second-order valence-corrected chi connectivity index (χ2v) is 10.6. The van der Waals surface area contributed by atoms with Gasteiger partial charge >= 0.3 is 11.9 Å². The van der Waals surface area contributed by atoms with Gasteiger partial charge in [-0.05, 0) is 35.2 Å². The van der Waals surface area contributed by atoms with Gasteiger partial charge in [-0.25, -0.2) is 14.2 Å². The first-order chi connectivity index (χ1) is 17.3. The van der Waals surface area contributed by atoms with E-state index in [4.69, 9.17) is 0 Å². The second-order valence-electron chi connectivity index (χ2n) is 10.6. The Bertz CT molecular complexity index is 1540.